The Labute approximate surface area is 238 Å². The Bertz CT molecular complexity index is 2020. The zero-order chi connectivity index (χ0) is 31.7. The van der Waals surface area contributed by atoms with E-state index >= 15 is 0 Å². The summed E-state index contributed by atoms with van der Waals surface area (Å²) in [6.07, 6.45) is 0. The van der Waals surface area contributed by atoms with Crippen molar-refractivity contribution >= 4 is 51.0 Å². The highest BCUT2D eigenvalue weighted by atomic mass is 32.2. The Hall–Kier alpha value is -3.34. The monoisotopic (exact) mass is 517 g/mol. The first kappa shape index (κ1) is 15.2. The summed E-state index contributed by atoms with van der Waals surface area (Å²) in [6, 6.07) is 18.0. The summed E-state index contributed by atoms with van der Waals surface area (Å²) in [5.41, 5.74) is 5.68. The van der Waals surface area contributed by atoms with Crippen LogP contribution in [0.5, 0.6) is 0 Å². The second kappa shape index (κ2) is 7.83. The lowest BCUT2D eigenvalue weighted by Gasteiger charge is -2.42. The molecular weight excluding hydrogens is 485 g/mol. The minimum atomic E-state index is -1.16. The average Bonchev–Trinajstić information content (AvgIpc) is 3.03. The summed E-state index contributed by atoms with van der Waals surface area (Å²) < 4.78 is 70.7. The van der Waals surface area contributed by atoms with Crippen molar-refractivity contribution in [3.63, 3.8) is 0 Å². The highest BCUT2D eigenvalue weighted by Crippen LogP contribution is 2.55. The predicted octanol–water partition coefficient (Wildman–Crippen LogP) is 9.04. The highest BCUT2D eigenvalue weighted by molar-refractivity contribution is 8.56. The minimum Gasteiger partial charge on any atom is -0.310 e. The molecule has 0 saturated carbocycles. The number of rotatable bonds is 1. The number of hydrogen-bond acceptors (Lipinski definition) is 3. The van der Waals surface area contributed by atoms with E-state index in [4.69, 9.17) is 11.0 Å². The molecule has 3 aliphatic rings. The van der Waals surface area contributed by atoms with Crippen molar-refractivity contribution in [3.8, 4) is 22.3 Å². The molecule has 0 radical (unpaired) electrons. The van der Waals surface area contributed by atoms with Crippen molar-refractivity contribution < 1.29 is 11.0 Å². The van der Waals surface area contributed by atoms with Crippen LogP contribution < -0.4 is 10.4 Å². The van der Waals surface area contributed by atoms with Crippen LogP contribution in [0.3, 0.4) is 0 Å². The molecule has 0 unspecified atom stereocenters. The largest absolute Gasteiger partial charge is 0.318 e. The molecule has 0 bridgehead atoms. The highest BCUT2D eigenvalue weighted by Gasteiger charge is 2.40. The van der Waals surface area contributed by atoms with Gasteiger partial charge in [0.05, 0.1) is 22.3 Å². The zero-order valence-electron chi connectivity index (χ0n) is 28.1. The van der Waals surface area contributed by atoms with Gasteiger partial charge in [-0.15, -0.1) is 0 Å². The van der Waals surface area contributed by atoms with Gasteiger partial charge in [-0.25, -0.2) is 0 Å². The third-order valence-corrected chi connectivity index (χ3v) is 10.2. The van der Waals surface area contributed by atoms with E-state index < -0.39 is 17.5 Å². The van der Waals surface area contributed by atoms with Gasteiger partial charge in [0.1, 0.15) is 0 Å². The molecule has 5 aromatic carbocycles. The smallest absolute Gasteiger partial charge is 0.310 e. The van der Waals surface area contributed by atoms with Gasteiger partial charge < -0.3 is 4.90 Å². The lowest BCUT2D eigenvalue weighted by atomic mass is 9.73. The molecule has 3 heterocycles. The Morgan fingerprint density at radius 1 is 0.676 bits per heavy atom. The predicted molar refractivity (Wildman–Crippen MR) is 161 cm³/mol. The zero-order valence-corrected chi connectivity index (χ0v) is 21.7. The molecule has 5 aromatic rings. The maximum absolute atomic E-state index is 9.16. The van der Waals surface area contributed by atoms with Gasteiger partial charge in [0.15, 0.2) is 0 Å². The summed E-state index contributed by atoms with van der Waals surface area (Å²) in [5.74, 6) is 0. The lowest BCUT2D eigenvalue weighted by molar-refractivity contribution is 0.632. The number of anilines is 3. The Balaban J connectivity index is 1.55. The molecule has 37 heavy (non-hydrogen) atoms. The molecule has 8 rings (SSSR count). The average molecular weight is 518 g/mol. The van der Waals surface area contributed by atoms with Crippen molar-refractivity contribution in [1.29, 1.82) is 0 Å². The summed E-state index contributed by atoms with van der Waals surface area (Å²) >= 11 is 3.62. The van der Waals surface area contributed by atoms with Crippen molar-refractivity contribution in [1.82, 2.24) is 0 Å². The van der Waals surface area contributed by atoms with Crippen LogP contribution >= 0.6 is 23.2 Å². The first-order chi connectivity index (χ1) is 21.4. The van der Waals surface area contributed by atoms with Gasteiger partial charge in [-0.1, -0.05) is 86.5 Å². The van der Waals surface area contributed by atoms with E-state index in [1.165, 1.54) is 5.46 Å². The Morgan fingerprint density at radius 2 is 1.16 bits per heavy atom. The second-order valence-corrected chi connectivity index (χ2v) is 12.5. The lowest BCUT2D eigenvalue weighted by Crippen LogP contribution is -2.34. The number of benzene rings is 5. The molecule has 176 valence electrons. The first-order valence-electron chi connectivity index (χ1n) is 16.1. The van der Waals surface area contributed by atoms with Crippen LogP contribution in [0, 0.1) is 0 Å². The van der Waals surface area contributed by atoms with Gasteiger partial charge in [-0.3, -0.25) is 0 Å². The number of nitrogens with zero attached hydrogens (tertiary/aromatic N) is 1. The van der Waals surface area contributed by atoms with E-state index in [-0.39, 0.29) is 52.9 Å². The van der Waals surface area contributed by atoms with Crippen molar-refractivity contribution in [2.45, 2.75) is 29.1 Å². The summed E-state index contributed by atoms with van der Waals surface area (Å²) in [5, 5.41) is 0.100. The summed E-state index contributed by atoms with van der Waals surface area (Å²) in [7, 11) is 0. The van der Waals surface area contributed by atoms with Crippen LogP contribution in [0.1, 0.15) is 35.9 Å². The van der Waals surface area contributed by atoms with Gasteiger partial charge in [-0.05, 0) is 75.2 Å². The minimum absolute atomic E-state index is 0.100. The van der Waals surface area contributed by atoms with Crippen molar-refractivity contribution in [2.24, 2.45) is 0 Å². The fraction of sp³-hybridized carbons (Fsp3) is 0.0909. The van der Waals surface area contributed by atoms with E-state index in [1.54, 1.807) is 18.7 Å². The van der Waals surface area contributed by atoms with Gasteiger partial charge in [0, 0.05) is 20.9 Å². The van der Waals surface area contributed by atoms with E-state index in [9.17, 15) is 0 Å². The van der Waals surface area contributed by atoms with E-state index in [0.717, 1.165) is 32.0 Å². The number of para-hydroxylation sites is 2. The molecule has 0 amide bonds. The van der Waals surface area contributed by atoms with Crippen molar-refractivity contribution in [3.05, 3.63) is 120 Å². The van der Waals surface area contributed by atoms with Crippen LogP contribution in [0.2, 0.25) is 0 Å². The van der Waals surface area contributed by atoms with Crippen LogP contribution in [-0.2, 0) is 5.41 Å². The summed E-state index contributed by atoms with van der Waals surface area (Å²) in [6.45, 7) is 3.54. The van der Waals surface area contributed by atoms with E-state index in [2.05, 4.69) is 24.3 Å². The maximum atomic E-state index is 9.16. The Kier molecular flexibility index (Phi) is 3.21. The SMILES string of the molecule is [2H]c1c([2H])c([2H])c2c(c1[2H])N(c1cc3c4c(c1)-c1ccccc1SB4Sc1ccccc1-3)c1c([2H])c([2H])c([2H])c([2H])c1C2(C)C. The maximum Gasteiger partial charge on any atom is 0.318 e. The van der Waals surface area contributed by atoms with E-state index in [0.29, 0.717) is 16.8 Å². The third-order valence-electron chi connectivity index (χ3n) is 7.51. The third kappa shape index (κ3) is 3.03. The molecule has 0 saturated heterocycles. The van der Waals surface area contributed by atoms with Crippen LogP contribution in [0.4, 0.5) is 17.1 Å². The van der Waals surface area contributed by atoms with Crippen LogP contribution in [0.15, 0.2) is 119 Å². The van der Waals surface area contributed by atoms with Gasteiger partial charge in [0.25, 0.3) is 0 Å². The molecule has 0 N–H and O–H groups in total. The van der Waals surface area contributed by atoms with Crippen LogP contribution in [-0.4, -0.2) is 5.27 Å². The molecule has 0 aromatic heterocycles. The molecular formula is C33H24BNS2. The standard InChI is InChI=1S/C33H24BNS2/c1-33(2)26-13-5-7-15-28(26)35(29-16-8-6-14-27(29)33)21-19-24-22-11-3-9-17-30(22)36-34-32(24)25(20-21)23-12-4-10-18-31(23)37-34/h3-20H,1-2H3/i5D,6D,7D,8D,13D,14D,15D,16D. The molecule has 0 spiro atoms. The molecule has 1 nitrogen and oxygen atoms in total. The topological polar surface area (TPSA) is 3.24 Å². The second-order valence-electron chi connectivity index (χ2n) is 9.92. The first-order valence-corrected chi connectivity index (χ1v) is 13.9. The molecule has 0 fully saturated rings. The Morgan fingerprint density at radius 3 is 1.70 bits per heavy atom. The molecule has 4 heteroatoms. The summed E-state index contributed by atoms with van der Waals surface area (Å²) in [4.78, 5) is 3.93. The van der Waals surface area contributed by atoms with Crippen LogP contribution in [0.25, 0.3) is 22.3 Å². The molecule has 0 aliphatic carbocycles. The van der Waals surface area contributed by atoms with Gasteiger partial charge in [-0.2, -0.15) is 23.2 Å². The quantitative estimate of drug-likeness (QED) is 0.204. The fourth-order valence-corrected chi connectivity index (χ4v) is 8.71. The number of fused-ring (bicyclic) bond motifs is 6. The van der Waals surface area contributed by atoms with Gasteiger partial charge in [0.2, 0.25) is 0 Å². The van der Waals surface area contributed by atoms with E-state index in [1.807, 2.05) is 59.6 Å². The van der Waals surface area contributed by atoms with Crippen molar-refractivity contribution in [2.75, 3.05) is 4.90 Å². The molecule has 0 atom stereocenters. The fourth-order valence-electron chi connectivity index (χ4n) is 5.77. The molecule has 3 aliphatic heterocycles. The number of hydrogen-bond donors (Lipinski definition) is 0. The van der Waals surface area contributed by atoms with Gasteiger partial charge >= 0.3 is 5.27 Å². The normalized spacial score (nSPS) is 18.8.